The van der Waals surface area contributed by atoms with Gasteiger partial charge in [0, 0.05) is 31.7 Å². The molecule has 1 aromatic rings. The standard InChI is InChI=1S/C15H25N3O2S/c1-12(2)16-9-14-5-4-6-15(17-14)10-18-7-8-21(19,20)11-13(18)3/h4-6,12-13,16H,7-11H2,1-3H3. The van der Waals surface area contributed by atoms with E-state index >= 15 is 0 Å². The summed E-state index contributed by atoms with van der Waals surface area (Å²) in [7, 11) is -2.86. The van der Waals surface area contributed by atoms with Crippen molar-refractivity contribution in [2.45, 2.75) is 45.9 Å². The number of pyridine rings is 1. The van der Waals surface area contributed by atoms with Crippen molar-refractivity contribution in [1.29, 1.82) is 0 Å². The molecule has 1 N–H and O–H groups in total. The van der Waals surface area contributed by atoms with Crippen LogP contribution in [-0.4, -0.2) is 48.4 Å². The van der Waals surface area contributed by atoms with Crippen LogP contribution in [0.4, 0.5) is 0 Å². The molecule has 2 rings (SSSR count). The Hall–Kier alpha value is -0.980. The van der Waals surface area contributed by atoms with Gasteiger partial charge in [-0.15, -0.1) is 0 Å². The summed E-state index contributed by atoms with van der Waals surface area (Å²) in [5.41, 5.74) is 2.03. The molecule has 1 aliphatic heterocycles. The SMILES string of the molecule is CC(C)NCc1cccc(CN2CCS(=O)(=O)CC2C)n1. The number of hydrogen-bond acceptors (Lipinski definition) is 5. The van der Waals surface area contributed by atoms with Crippen LogP contribution in [0.15, 0.2) is 18.2 Å². The van der Waals surface area contributed by atoms with Crippen LogP contribution in [0.3, 0.4) is 0 Å². The van der Waals surface area contributed by atoms with E-state index in [2.05, 4.69) is 29.0 Å². The third kappa shape index (κ3) is 5.05. The first-order valence-corrected chi connectivity index (χ1v) is 9.30. The first kappa shape index (κ1) is 16.4. The van der Waals surface area contributed by atoms with Gasteiger partial charge in [0.2, 0.25) is 0 Å². The van der Waals surface area contributed by atoms with Gasteiger partial charge in [0.25, 0.3) is 0 Å². The van der Waals surface area contributed by atoms with E-state index in [-0.39, 0.29) is 17.5 Å². The number of nitrogens with one attached hydrogen (secondary N) is 1. The molecule has 1 saturated heterocycles. The second kappa shape index (κ2) is 6.85. The zero-order valence-corrected chi connectivity index (χ0v) is 13.9. The summed E-state index contributed by atoms with van der Waals surface area (Å²) in [6, 6.07) is 6.54. The van der Waals surface area contributed by atoms with Crippen molar-refractivity contribution in [3.63, 3.8) is 0 Å². The minimum atomic E-state index is -2.86. The first-order chi connectivity index (χ1) is 9.85. The molecule has 0 aliphatic carbocycles. The van der Waals surface area contributed by atoms with Crippen molar-refractivity contribution in [1.82, 2.24) is 15.2 Å². The Morgan fingerprint density at radius 3 is 2.76 bits per heavy atom. The van der Waals surface area contributed by atoms with Gasteiger partial charge in [-0.2, -0.15) is 0 Å². The minimum absolute atomic E-state index is 0.0583. The van der Waals surface area contributed by atoms with Gasteiger partial charge >= 0.3 is 0 Å². The highest BCUT2D eigenvalue weighted by atomic mass is 32.2. The van der Waals surface area contributed by atoms with E-state index in [1.165, 1.54) is 0 Å². The van der Waals surface area contributed by atoms with Gasteiger partial charge < -0.3 is 5.32 Å². The third-order valence-corrected chi connectivity index (χ3v) is 5.52. The number of aromatic nitrogens is 1. The zero-order valence-electron chi connectivity index (χ0n) is 13.0. The summed E-state index contributed by atoms with van der Waals surface area (Å²) in [4.78, 5) is 6.85. The maximum absolute atomic E-state index is 11.6. The summed E-state index contributed by atoms with van der Waals surface area (Å²) >= 11 is 0. The molecule has 0 radical (unpaired) electrons. The van der Waals surface area contributed by atoms with E-state index in [1.807, 2.05) is 25.1 Å². The number of hydrogen-bond donors (Lipinski definition) is 1. The fourth-order valence-corrected chi connectivity index (χ4v) is 4.13. The fraction of sp³-hybridized carbons (Fsp3) is 0.667. The molecule has 0 spiro atoms. The molecule has 1 aliphatic rings. The highest BCUT2D eigenvalue weighted by molar-refractivity contribution is 7.91. The highest BCUT2D eigenvalue weighted by Crippen LogP contribution is 2.14. The molecule has 1 aromatic heterocycles. The Balaban J connectivity index is 1.98. The average Bonchev–Trinajstić information content (AvgIpc) is 2.40. The van der Waals surface area contributed by atoms with Gasteiger partial charge in [0.05, 0.1) is 22.9 Å². The lowest BCUT2D eigenvalue weighted by molar-refractivity contribution is 0.215. The maximum atomic E-state index is 11.6. The van der Waals surface area contributed by atoms with Gasteiger partial charge in [-0.1, -0.05) is 19.9 Å². The monoisotopic (exact) mass is 311 g/mol. The minimum Gasteiger partial charge on any atom is -0.309 e. The van der Waals surface area contributed by atoms with Crippen LogP contribution in [0.25, 0.3) is 0 Å². The van der Waals surface area contributed by atoms with Gasteiger partial charge in [0.15, 0.2) is 9.84 Å². The first-order valence-electron chi connectivity index (χ1n) is 7.48. The summed E-state index contributed by atoms with van der Waals surface area (Å²) in [6.07, 6.45) is 0. The van der Waals surface area contributed by atoms with E-state index in [4.69, 9.17) is 0 Å². The molecule has 1 unspecified atom stereocenters. The molecule has 1 fully saturated rings. The van der Waals surface area contributed by atoms with E-state index in [0.717, 1.165) is 17.9 Å². The molecule has 5 nitrogen and oxygen atoms in total. The van der Waals surface area contributed by atoms with Crippen molar-refractivity contribution >= 4 is 9.84 Å². The Bertz CT molecular complexity index is 572. The van der Waals surface area contributed by atoms with Crippen LogP contribution in [0.2, 0.25) is 0 Å². The third-order valence-electron chi connectivity index (χ3n) is 3.73. The van der Waals surface area contributed by atoms with Crippen LogP contribution in [0.5, 0.6) is 0 Å². The van der Waals surface area contributed by atoms with Crippen LogP contribution in [-0.2, 0) is 22.9 Å². The van der Waals surface area contributed by atoms with Crippen molar-refractivity contribution in [3.05, 3.63) is 29.6 Å². The smallest absolute Gasteiger partial charge is 0.153 e. The van der Waals surface area contributed by atoms with Crippen LogP contribution < -0.4 is 5.32 Å². The lowest BCUT2D eigenvalue weighted by Crippen LogP contribution is -2.46. The number of rotatable bonds is 5. The molecular formula is C15H25N3O2S. The summed E-state index contributed by atoms with van der Waals surface area (Å²) in [5, 5.41) is 3.36. The summed E-state index contributed by atoms with van der Waals surface area (Å²) < 4.78 is 23.2. The van der Waals surface area contributed by atoms with Crippen LogP contribution in [0, 0.1) is 0 Å². The Morgan fingerprint density at radius 1 is 1.38 bits per heavy atom. The molecular weight excluding hydrogens is 286 g/mol. The average molecular weight is 311 g/mol. The lowest BCUT2D eigenvalue weighted by Gasteiger charge is -2.32. The van der Waals surface area contributed by atoms with Gasteiger partial charge in [0.1, 0.15) is 0 Å². The maximum Gasteiger partial charge on any atom is 0.153 e. The molecule has 0 bridgehead atoms. The molecule has 21 heavy (non-hydrogen) atoms. The normalized spacial score (nSPS) is 22.6. The predicted octanol–water partition coefficient (Wildman–Crippen LogP) is 1.20. The Kier molecular flexibility index (Phi) is 5.35. The van der Waals surface area contributed by atoms with E-state index < -0.39 is 9.84 Å². The summed E-state index contributed by atoms with van der Waals surface area (Å²) in [5.74, 6) is 0.507. The van der Waals surface area contributed by atoms with E-state index in [9.17, 15) is 8.42 Å². The van der Waals surface area contributed by atoms with Gasteiger partial charge in [-0.3, -0.25) is 9.88 Å². The quantitative estimate of drug-likeness (QED) is 0.885. The predicted molar refractivity (Wildman–Crippen MR) is 84.7 cm³/mol. The number of nitrogens with zero attached hydrogens (tertiary/aromatic N) is 2. The second-order valence-corrected chi connectivity index (χ2v) is 8.32. The van der Waals surface area contributed by atoms with E-state index in [1.54, 1.807) is 0 Å². The molecule has 0 aromatic carbocycles. The van der Waals surface area contributed by atoms with Crippen molar-refractivity contribution in [3.8, 4) is 0 Å². The van der Waals surface area contributed by atoms with Crippen LogP contribution in [0.1, 0.15) is 32.2 Å². The molecule has 2 heterocycles. The lowest BCUT2D eigenvalue weighted by atomic mass is 10.2. The molecule has 118 valence electrons. The molecule has 6 heteroatoms. The Morgan fingerprint density at radius 2 is 2.10 bits per heavy atom. The second-order valence-electron chi connectivity index (χ2n) is 6.09. The Labute approximate surface area is 127 Å². The molecule has 0 saturated carbocycles. The topological polar surface area (TPSA) is 62.3 Å². The van der Waals surface area contributed by atoms with Crippen molar-refractivity contribution < 1.29 is 8.42 Å². The highest BCUT2D eigenvalue weighted by Gasteiger charge is 2.28. The van der Waals surface area contributed by atoms with Gasteiger partial charge in [-0.05, 0) is 19.1 Å². The largest absolute Gasteiger partial charge is 0.309 e. The molecule has 1 atom stereocenters. The zero-order chi connectivity index (χ0) is 15.5. The van der Waals surface area contributed by atoms with Crippen molar-refractivity contribution in [2.24, 2.45) is 0 Å². The van der Waals surface area contributed by atoms with Gasteiger partial charge in [-0.25, -0.2) is 8.42 Å². The van der Waals surface area contributed by atoms with Crippen molar-refractivity contribution in [2.75, 3.05) is 18.1 Å². The van der Waals surface area contributed by atoms with Crippen LogP contribution >= 0.6 is 0 Å². The number of sulfone groups is 1. The summed E-state index contributed by atoms with van der Waals surface area (Å²) in [6.45, 7) is 8.27. The molecule has 0 amide bonds. The fourth-order valence-electron chi connectivity index (χ4n) is 2.50. The van der Waals surface area contributed by atoms with E-state index in [0.29, 0.717) is 19.1 Å².